The standard InChI is InChI=1S/C19H34O/c1-2-3-4-5-6-7-12-19(20)18-14-13-16-10-8-9-11-17(16)15-18/h16-18H,2-15H2,1H3. The van der Waals surface area contributed by atoms with E-state index in [1.165, 1.54) is 77.0 Å². The molecule has 0 spiro atoms. The molecule has 2 fully saturated rings. The maximum absolute atomic E-state index is 12.4. The lowest BCUT2D eigenvalue weighted by molar-refractivity contribution is -0.125. The summed E-state index contributed by atoms with van der Waals surface area (Å²) in [5.41, 5.74) is 0. The van der Waals surface area contributed by atoms with Crippen LogP contribution in [0.5, 0.6) is 0 Å². The Labute approximate surface area is 125 Å². The van der Waals surface area contributed by atoms with Gasteiger partial charge in [-0.2, -0.15) is 0 Å². The third-order valence-electron chi connectivity index (χ3n) is 5.77. The topological polar surface area (TPSA) is 17.1 Å². The number of hydrogen-bond donors (Lipinski definition) is 0. The molecule has 1 heteroatoms. The van der Waals surface area contributed by atoms with Gasteiger partial charge in [0.05, 0.1) is 0 Å². The normalized spacial score (nSPS) is 29.9. The molecule has 0 bridgehead atoms. The first-order valence-electron chi connectivity index (χ1n) is 9.34. The third kappa shape index (κ3) is 4.90. The molecular weight excluding hydrogens is 244 g/mol. The molecule has 0 aliphatic heterocycles. The van der Waals surface area contributed by atoms with Gasteiger partial charge in [-0.25, -0.2) is 0 Å². The number of carbonyl (C=O) groups is 1. The number of hydrogen-bond acceptors (Lipinski definition) is 1. The molecule has 116 valence electrons. The summed E-state index contributed by atoms with van der Waals surface area (Å²) in [5, 5.41) is 0. The van der Waals surface area contributed by atoms with Crippen molar-refractivity contribution < 1.29 is 4.79 Å². The number of fused-ring (bicyclic) bond motifs is 1. The molecule has 2 aliphatic carbocycles. The fourth-order valence-electron chi connectivity index (χ4n) is 4.45. The largest absolute Gasteiger partial charge is 0.299 e. The van der Waals surface area contributed by atoms with Crippen molar-refractivity contribution in [2.75, 3.05) is 0 Å². The molecule has 0 saturated heterocycles. The van der Waals surface area contributed by atoms with E-state index in [9.17, 15) is 4.79 Å². The van der Waals surface area contributed by atoms with Gasteiger partial charge in [0, 0.05) is 12.3 Å². The summed E-state index contributed by atoms with van der Waals surface area (Å²) < 4.78 is 0. The minimum atomic E-state index is 0.435. The van der Waals surface area contributed by atoms with Gasteiger partial charge < -0.3 is 0 Å². The third-order valence-corrected chi connectivity index (χ3v) is 5.77. The number of unbranched alkanes of at least 4 members (excludes halogenated alkanes) is 5. The second-order valence-electron chi connectivity index (χ2n) is 7.30. The molecule has 20 heavy (non-hydrogen) atoms. The molecule has 0 radical (unpaired) electrons. The van der Waals surface area contributed by atoms with Crippen LogP contribution in [0.3, 0.4) is 0 Å². The summed E-state index contributed by atoms with van der Waals surface area (Å²) in [6.07, 6.45) is 18.1. The van der Waals surface area contributed by atoms with E-state index >= 15 is 0 Å². The maximum Gasteiger partial charge on any atom is 0.135 e. The molecule has 0 aromatic rings. The van der Waals surface area contributed by atoms with Crippen LogP contribution in [0.15, 0.2) is 0 Å². The first-order valence-corrected chi connectivity index (χ1v) is 9.34. The zero-order chi connectivity index (χ0) is 14.2. The number of ketones is 1. The monoisotopic (exact) mass is 278 g/mol. The molecule has 0 N–H and O–H groups in total. The van der Waals surface area contributed by atoms with Crippen molar-refractivity contribution in [2.24, 2.45) is 17.8 Å². The van der Waals surface area contributed by atoms with Crippen LogP contribution < -0.4 is 0 Å². The quantitative estimate of drug-likeness (QED) is 0.504. The number of carbonyl (C=O) groups excluding carboxylic acids is 1. The molecule has 0 heterocycles. The van der Waals surface area contributed by atoms with Crippen LogP contribution >= 0.6 is 0 Å². The van der Waals surface area contributed by atoms with Crippen molar-refractivity contribution in [1.29, 1.82) is 0 Å². The van der Waals surface area contributed by atoms with E-state index in [1.54, 1.807) is 0 Å². The summed E-state index contributed by atoms with van der Waals surface area (Å²) in [7, 11) is 0. The number of Topliss-reactive ketones (excluding diaryl/α,β-unsaturated/α-hetero) is 1. The van der Waals surface area contributed by atoms with Crippen molar-refractivity contribution in [3.05, 3.63) is 0 Å². The highest BCUT2D eigenvalue weighted by atomic mass is 16.1. The molecule has 2 aliphatic rings. The molecule has 0 aromatic carbocycles. The lowest BCUT2D eigenvalue weighted by Gasteiger charge is -2.38. The molecule has 2 rings (SSSR count). The van der Waals surface area contributed by atoms with Gasteiger partial charge in [0.2, 0.25) is 0 Å². The fourth-order valence-corrected chi connectivity index (χ4v) is 4.45. The van der Waals surface area contributed by atoms with Gasteiger partial charge >= 0.3 is 0 Å². The second-order valence-corrected chi connectivity index (χ2v) is 7.30. The van der Waals surface area contributed by atoms with Crippen molar-refractivity contribution in [1.82, 2.24) is 0 Å². The Morgan fingerprint density at radius 2 is 1.55 bits per heavy atom. The SMILES string of the molecule is CCCCCCCCC(=O)C1CCC2CCCCC2C1. The smallest absolute Gasteiger partial charge is 0.135 e. The lowest BCUT2D eigenvalue weighted by Crippen LogP contribution is -2.31. The van der Waals surface area contributed by atoms with Crippen molar-refractivity contribution in [3.63, 3.8) is 0 Å². The van der Waals surface area contributed by atoms with Gasteiger partial charge in [-0.1, -0.05) is 64.7 Å². The van der Waals surface area contributed by atoms with Crippen molar-refractivity contribution >= 4 is 5.78 Å². The molecule has 2 saturated carbocycles. The Morgan fingerprint density at radius 3 is 2.35 bits per heavy atom. The van der Waals surface area contributed by atoms with E-state index in [-0.39, 0.29) is 0 Å². The minimum absolute atomic E-state index is 0.435. The Morgan fingerprint density at radius 1 is 0.850 bits per heavy atom. The molecule has 1 nitrogen and oxygen atoms in total. The summed E-state index contributed by atoms with van der Waals surface area (Å²) in [5.74, 6) is 2.91. The van der Waals surface area contributed by atoms with Crippen LogP contribution in [0.25, 0.3) is 0 Å². The van der Waals surface area contributed by atoms with Crippen LogP contribution in [-0.4, -0.2) is 5.78 Å². The maximum atomic E-state index is 12.4. The summed E-state index contributed by atoms with van der Waals surface area (Å²) >= 11 is 0. The highest BCUT2D eigenvalue weighted by molar-refractivity contribution is 5.81. The van der Waals surface area contributed by atoms with E-state index in [0.29, 0.717) is 11.7 Å². The van der Waals surface area contributed by atoms with Crippen LogP contribution in [0.1, 0.15) is 96.8 Å². The fraction of sp³-hybridized carbons (Fsp3) is 0.947. The van der Waals surface area contributed by atoms with Gasteiger partial charge in [0.15, 0.2) is 0 Å². The first-order chi connectivity index (χ1) is 9.81. The van der Waals surface area contributed by atoms with E-state index in [4.69, 9.17) is 0 Å². The molecule has 0 aromatic heterocycles. The summed E-state index contributed by atoms with van der Waals surface area (Å²) in [6.45, 7) is 2.26. The zero-order valence-corrected chi connectivity index (χ0v) is 13.5. The van der Waals surface area contributed by atoms with E-state index in [0.717, 1.165) is 24.7 Å². The molecule has 0 amide bonds. The lowest BCUT2D eigenvalue weighted by atomic mass is 9.66. The van der Waals surface area contributed by atoms with Gasteiger partial charge in [-0.15, -0.1) is 0 Å². The van der Waals surface area contributed by atoms with Gasteiger partial charge in [0.25, 0.3) is 0 Å². The summed E-state index contributed by atoms with van der Waals surface area (Å²) in [6, 6.07) is 0. The van der Waals surface area contributed by atoms with Crippen molar-refractivity contribution in [3.8, 4) is 0 Å². The first kappa shape index (κ1) is 16.0. The van der Waals surface area contributed by atoms with Crippen molar-refractivity contribution in [2.45, 2.75) is 96.8 Å². The van der Waals surface area contributed by atoms with E-state index in [1.807, 2.05) is 0 Å². The molecule has 3 atom stereocenters. The predicted octanol–water partition coefficient (Wildman–Crippen LogP) is 5.91. The van der Waals surface area contributed by atoms with Gasteiger partial charge in [-0.05, 0) is 37.5 Å². The summed E-state index contributed by atoms with van der Waals surface area (Å²) in [4.78, 5) is 12.4. The Balaban J connectivity index is 1.60. The van der Waals surface area contributed by atoms with E-state index < -0.39 is 0 Å². The van der Waals surface area contributed by atoms with Gasteiger partial charge in [0.1, 0.15) is 5.78 Å². The second kappa shape index (κ2) is 8.85. The Bertz CT molecular complexity index is 283. The molecular formula is C19H34O. The van der Waals surface area contributed by atoms with Crippen LogP contribution in [0.2, 0.25) is 0 Å². The highest BCUT2D eigenvalue weighted by Gasteiger charge is 2.34. The Hall–Kier alpha value is -0.330. The van der Waals surface area contributed by atoms with Crippen LogP contribution in [0, 0.1) is 17.8 Å². The van der Waals surface area contributed by atoms with Crippen LogP contribution in [-0.2, 0) is 4.79 Å². The minimum Gasteiger partial charge on any atom is -0.299 e. The highest BCUT2D eigenvalue weighted by Crippen LogP contribution is 2.43. The average Bonchev–Trinajstić information content (AvgIpc) is 2.50. The van der Waals surface area contributed by atoms with Crippen LogP contribution in [0.4, 0.5) is 0 Å². The zero-order valence-electron chi connectivity index (χ0n) is 13.5. The average molecular weight is 278 g/mol. The van der Waals surface area contributed by atoms with Gasteiger partial charge in [-0.3, -0.25) is 4.79 Å². The number of rotatable bonds is 8. The Kier molecular flexibility index (Phi) is 7.10. The van der Waals surface area contributed by atoms with E-state index in [2.05, 4.69) is 6.92 Å². The predicted molar refractivity (Wildman–Crippen MR) is 85.8 cm³/mol. The molecule has 3 unspecified atom stereocenters.